The Balaban J connectivity index is 2.72. The second-order valence-electron chi connectivity index (χ2n) is 3.40. The number of benzene rings is 1. The Hall–Kier alpha value is -1.59. The summed E-state index contributed by atoms with van der Waals surface area (Å²) in [6.45, 7) is 0.566. The van der Waals surface area contributed by atoms with Gasteiger partial charge in [0.15, 0.2) is 0 Å². The smallest absolute Gasteiger partial charge is 0.335 e. The molecule has 0 saturated carbocycles. The van der Waals surface area contributed by atoms with Gasteiger partial charge in [-0.25, -0.2) is 4.79 Å². The van der Waals surface area contributed by atoms with Gasteiger partial charge >= 0.3 is 5.97 Å². The summed E-state index contributed by atoms with van der Waals surface area (Å²) >= 11 is 5.86. The Morgan fingerprint density at radius 1 is 1.41 bits per heavy atom. The number of carbonyl (C=O) groups excluding carboxylic acids is 1. The zero-order valence-corrected chi connectivity index (χ0v) is 10.0. The van der Waals surface area contributed by atoms with Crippen LogP contribution in [0.25, 0.3) is 0 Å². The molecule has 0 aliphatic carbocycles. The van der Waals surface area contributed by atoms with E-state index in [0.29, 0.717) is 18.7 Å². The van der Waals surface area contributed by atoms with E-state index in [0.717, 1.165) is 0 Å². The van der Waals surface area contributed by atoms with E-state index in [4.69, 9.17) is 16.7 Å². The summed E-state index contributed by atoms with van der Waals surface area (Å²) < 4.78 is 0. The molecular weight excluding hydrogens is 244 g/mol. The predicted octanol–water partition coefficient (Wildman–Crippen LogP) is 1.59. The molecule has 0 bridgehead atoms. The molecule has 6 heteroatoms. The van der Waals surface area contributed by atoms with E-state index in [2.05, 4.69) is 10.6 Å². The number of carboxylic acids is 1. The van der Waals surface area contributed by atoms with Gasteiger partial charge in [-0.3, -0.25) is 4.79 Å². The maximum Gasteiger partial charge on any atom is 0.335 e. The molecule has 0 unspecified atom stereocenters. The van der Waals surface area contributed by atoms with E-state index >= 15 is 0 Å². The molecule has 1 amide bonds. The molecule has 3 N–H and O–H groups in total. The minimum absolute atomic E-state index is 0.0863. The van der Waals surface area contributed by atoms with Gasteiger partial charge in [0.05, 0.1) is 16.3 Å². The minimum atomic E-state index is -1.06. The zero-order valence-electron chi connectivity index (χ0n) is 9.29. The average molecular weight is 257 g/mol. The van der Waals surface area contributed by atoms with Crippen LogP contribution < -0.4 is 10.6 Å². The van der Waals surface area contributed by atoms with Crippen LogP contribution in [0.2, 0.25) is 5.02 Å². The second kappa shape index (κ2) is 6.22. The van der Waals surface area contributed by atoms with E-state index in [1.807, 2.05) is 0 Å². The van der Waals surface area contributed by atoms with Crippen molar-refractivity contribution in [3.63, 3.8) is 0 Å². The van der Waals surface area contributed by atoms with Crippen molar-refractivity contribution < 1.29 is 14.7 Å². The Labute approximate surface area is 104 Å². The maximum atomic E-state index is 11.4. The van der Waals surface area contributed by atoms with Crippen LogP contribution in [0.4, 0.5) is 5.69 Å². The number of amides is 1. The summed E-state index contributed by atoms with van der Waals surface area (Å²) in [7, 11) is 1.75. The maximum absolute atomic E-state index is 11.4. The Morgan fingerprint density at radius 3 is 2.65 bits per heavy atom. The monoisotopic (exact) mass is 256 g/mol. The van der Waals surface area contributed by atoms with Crippen LogP contribution in [0, 0.1) is 0 Å². The van der Waals surface area contributed by atoms with E-state index in [1.54, 1.807) is 7.05 Å². The third-order valence-corrected chi connectivity index (χ3v) is 2.40. The summed E-state index contributed by atoms with van der Waals surface area (Å²) in [5, 5.41) is 14.4. The third kappa shape index (κ3) is 4.05. The highest BCUT2D eigenvalue weighted by molar-refractivity contribution is 6.34. The van der Waals surface area contributed by atoms with Gasteiger partial charge in [-0.15, -0.1) is 0 Å². The molecule has 0 fully saturated rings. The van der Waals surface area contributed by atoms with Crippen LogP contribution in [-0.2, 0) is 4.79 Å². The molecule has 0 aliphatic rings. The molecule has 5 nitrogen and oxygen atoms in total. The fraction of sp³-hybridized carbons (Fsp3) is 0.273. The van der Waals surface area contributed by atoms with Crippen LogP contribution in [0.3, 0.4) is 0 Å². The summed E-state index contributed by atoms with van der Waals surface area (Å²) in [4.78, 5) is 22.1. The van der Waals surface area contributed by atoms with Gasteiger partial charge in [-0.1, -0.05) is 11.6 Å². The lowest BCUT2D eigenvalue weighted by Crippen LogP contribution is -2.18. The molecule has 0 aromatic heterocycles. The number of hydrogen-bond acceptors (Lipinski definition) is 3. The molecule has 1 aromatic carbocycles. The van der Waals surface area contributed by atoms with Crippen molar-refractivity contribution in [3.8, 4) is 0 Å². The van der Waals surface area contributed by atoms with Gasteiger partial charge < -0.3 is 15.7 Å². The van der Waals surface area contributed by atoms with Gasteiger partial charge in [0.2, 0.25) is 5.91 Å². The molecule has 1 rings (SSSR count). The van der Waals surface area contributed by atoms with Crippen molar-refractivity contribution in [2.45, 2.75) is 6.42 Å². The van der Waals surface area contributed by atoms with Crippen molar-refractivity contribution >= 4 is 29.2 Å². The number of halogens is 1. The van der Waals surface area contributed by atoms with E-state index in [1.165, 1.54) is 18.2 Å². The number of carbonyl (C=O) groups is 2. The molecule has 1 aromatic rings. The largest absolute Gasteiger partial charge is 0.478 e. The molecule has 17 heavy (non-hydrogen) atoms. The summed E-state index contributed by atoms with van der Waals surface area (Å²) in [6.07, 6.45) is 0.327. The highest BCUT2D eigenvalue weighted by Crippen LogP contribution is 2.23. The molecule has 92 valence electrons. The lowest BCUT2D eigenvalue weighted by atomic mass is 10.2. The predicted molar refractivity (Wildman–Crippen MR) is 65.6 cm³/mol. The molecule has 0 heterocycles. The quantitative estimate of drug-likeness (QED) is 0.748. The van der Waals surface area contributed by atoms with Crippen LogP contribution in [0.15, 0.2) is 18.2 Å². The van der Waals surface area contributed by atoms with Gasteiger partial charge in [0, 0.05) is 13.0 Å². The number of rotatable bonds is 5. The van der Waals surface area contributed by atoms with Gasteiger partial charge in [0.1, 0.15) is 0 Å². The number of anilines is 1. The topological polar surface area (TPSA) is 78.4 Å². The lowest BCUT2D eigenvalue weighted by molar-refractivity contribution is -0.116. The fourth-order valence-corrected chi connectivity index (χ4v) is 1.43. The highest BCUT2D eigenvalue weighted by Gasteiger charge is 2.09. The van der Waals surface area contributed by atoms with Crippen molar-refractivity contribution in [2.24, 2.45) is 0 Å². The van der Waals surface area contributed by atoms with Crippen LogP contribution in [-0.4, -0.2) is 30.6 Å². The first-order valence-electron chi connectivity index (χ1n) is 5.02. The Morgan fingerprint density at radius 2 is 2.12 bits per heavy atom. The third-order valence-electron chi connectivity index (χ3n) is 2.09. The van der Waals surface area contributed by atoms with Crippen LogP contribution in [0.1, 0.15) is 16.8 Å². The van der Waals surface area contributed by atoms with Crippen molar-refractivity contribution in [1.29, 1.82) is 0 Å². The number of nitrogens with one attached hydrogen (secondary N) is 2. The molecule has 0 atom stereocenters. The SMILES string of the molecule is CNCCC(=O)Nc1ccc(C(=O)O)cc1Cl. The number of aromatic carboxylic acids is 1. The molecule has 0 aliphatic heterocycles. The number of hydrogen-bond donors (Lipinski definition) is 3. The molecule has 0 spiro atoms. The van der Waals surface area contributed by atoms with Gasteiger partial charge in [-0.05, 0) is 25.2 Å². The number of carboxylic acid groups (broad SMARTS) is 1. The summed E-state index contributed by atoms with van der Waals surface area (Å²) in [5.41, 5.74) is 0.501. The highest BCUT2D eigenvalue weighted by atomic mass is 35.5. The van der Waals surface area contributed by atoms with Crippen LogP contribution in [0.5, 0.6) is 0 Å². The fourth-order valence-electron chi connectivity index (χ4n) is 1.20. The first-order chi connectivity index (χ1) is 8.04. The van der Waals surface area contributed by atoms with Crippen molar-refractivity contribution in [1.82, 2.24) is 5.32 Å². The standard InChI is InChI=1S/C11H13ClN2O3/c1-13-5-4-10(15)14-9-3-2-7(11(16)17)6-8(9)12/h2-3,6,13H,4-5H2,1H3,(H,14,15)(H,16,17). The van der Waals surface area contributed by atoms with E-state index < -0.39 is 5.97 Å². The molecule has 0 radical (unpaired) electrons. The Bertz CT molecular complexity index is 435. The summed E-state index contributed by atoms with van der Waals surface area (Å²) in [5.74, 6) is -1.23. The average Bonchev–Trinajstić information content (AvgIpc) is 2.28. The van der Waals surface area contributed by atoms with Crippen LogP contribution >= 0.6 is 11.6 Å². The van der Waals surface area contributed by atoms with E-state index in [-0.39, 0.29) is 16.5 Å². The Kier molecular flexibility index (Phi) is 4.93. The van der Waals surface area contributed by atoms with Crippen molar-refractivity contribution in [3.05, 3.63) is 28.8 Å². The van der Waals surface area contributed by atoms with Crippen molar-refractivity contribution in [2.75, 3.05) is 18.9 Å². The second-order valence-corrected chi connectivity index (χ2v) is 3.81. The zero-order chi connectivity index (χ0) is 12.8. The first kappa shape index (κ1) is 13.5. The normalized spacial score (nSPS) is 10.0. The first-order valence-corrected chi connectivity index (χ1v) is 5.39. The van der Waals surface area contributed by atoms with Gasteiger partial charge in [-0.2, -0.15) is 0 Å². The minimum Gasteiger partial charge on any atom is -0.478 e. The molecular formula is C11H13ClN2O3. The lowest BCUT2D eigenvalue weighted by Gasteiger charge is -2.07. The molecule has 0 saturated heterocycles. The van der Waals surface area contributed by atoms with Gasteiger partial charge in [0.25, 0.3) is 0 Å². The van der Waals surface area contributed by atoms with E-state index in [9.17, 15) is 9.59 Å². The summed E-state index contributed by atoms with van der Waals surface area (Å²) in [6, 6.07) is 4.17.